The van der Waals surface area contributed by atoms with Crippen LogP contribution in [-0.2, 0) is 11.2 Å². The maximum absolute atomic E-state index is 14.4. The lowest BCUT2D eigenvalue weighted by molar-refractivity contribution is -0.118. The number of hydrogen-bond donors (Lipinski definition) is 1. The summed E-state index contributed by atoms with van der Waals surface area (Å²) in [7, 11) is 1.58. The molecular weight excluding hydrogens is 523 g/mol. The zero-order valence-corrected chi connectivity index (χ0v) is 22.5. The number of halogens is 2. The molecule has 1 N–H and O–H groups in total. The van der Waals surface area contributed by atoms with E-state index in [0.29, 0.717) is 45.5 Å². The van der Waals surface area contributed by atoms with Crippen LogP contribution in [0.15, 0.2) is 53.0 Å². The Balaban J connectivity index is 2.10. The zero-order valence-electron chi connectivity index (χ0n) is 21.0. The van der Waals surface area contributed by atoms with Crippen molar-refractivity contribution in [1.29, 1.82) is 0 Å². The second-order valence-electron chi connectivity index (χ2n) is 8.99. The molecule has 0 bridgehead atoms. The molecule has 1 amide bonds. The van der Waals surface area contributed by atoms with Gasteiger partial charge in [-0.3, -0.25) is 14.2 Å². The highest BCUT2D eigenvalue weighted by Gasteiger charge is 2.26. The minimum atomic E-state index is -0.397. The Morgan fingerprint density at radius 2 is 1.75 bits per heavy atom. The van der Waals surface area contributed by atoms with Crippen molar-refractivity contribution >= 4 is 38.6 Å². The molecule has 186 valence electrons. The summed E-state index contributed by atoms with van der Waals surface area (Å²) in [5.74, 6) is -0.127. The van der Waals surface area contributed by atoms with E-state index in [-0.39, 0.29) is 11.8 Å². The molecule has 36 heavy (non-hydrogen) atoms. The van der Waals surface area contributed by atoms with Crippen LogP contribution < -0.4 is 10.1 Å². The number of nitrogens with zero attached hydrogens (tertiary/aromatic N) is 1. The van der Waals surface area contributed by atoms with Gasteiger partial charge in [0.2, 0.25) is 5.91 Å². The summed E-state index contributed by atoms with van der Waals surface area (Å²) in [6.07, 6.45) is 0.443. The highest BCUT2D eigenvalue weighted by molar-refractivity contribution is 9.10. The summed E-state index contributed by atoms with van der Waals surface area (Å²) in [6, 6.07) is 14.0. The minimum Gasteiger partial charge on any atom is -0.496 e. The van der Waals surface area contributed by atoms with E-state index in [1.807, 2.05) is 45.0 Å². The van der Waals surface area contributed by atoms with Crippen molar-refractivity contribution in [3.8, 4) is 17.0 Å². The van der Waals surface area contributed by atoms with E-state index in [1.165, 1.54) is 19.1 Å². The zero-order chi connectivity index (χ0) is 26.1. The van der Waals surface area contributed by atoms with Gasteiger partial charge in [0, 0.05) is 30.0 Å². The van der Waals surface area contributed by atoms with Crippen LogP contribution in [0.1, 0.15) is 39.5 Å². The Kier molecular flexibility index (Phi) is 7.31. The fraction of sp³-hybridized carbons (Fsp3) is 0.241. The average Bonchev–Trinajstić information content (AvgIpc) is 3.10. The van der Waals surface area contributed by atoms with Gasteiger partial charge in [0.25, 0.3) is 5.91 Å². The molecule has 0 radical (unpaired) electrons. The molecule has 0 aliphatic carbocycles. The van der Waals surface area contributed by atoms with Crippen LogP contribution in [0.5, 0.6) is 5.75 Å². The molecular formula is C29H28BrFN2O3. The Labute approximate surface area is 218 Å². The van der Waals surface area contributed by atoms with Crippen LogP contribution in [-0.4, -0.2) is 30.0 Å². The number of hydrogen-bond acceptors (Lipinski definition) is 3. The second kappa shape index (κ2) is 10.3. The molecule has 4 aromatic rings. The molecule has 0 atom stereocenters. The molecule has 5 nitrogen and oxygen atoms in total. The molecule has 0 saturated carbocycles. The third kappa shape index (κ3) is 4.80. The van der Waals surface area contributed by atoms with Crippen LogP contribution >= 0.6 is 15.9 Å². The summed E-state index contributed by atoms with van der Waals surface area (Å²) < 4.78 is 22.3. The standard InChI is InChI=1S/C29H28BrFN2O3/c1-16-11-17(2)27(18(3)12-16)29(35)33-25-15-24(30)26(36-5)14-23(25)22(9-10-32-19(4)34)28(33)20-7-6-8-21(31)13-20/h6-8,11-15H,9-10H2,1-5H3,(H,32,34). The smallest absolute Gasteiger partial charge is 0.263 e. The number of aryl methyl sites for hydroxylation is 3. The van der Waals surface area contributed by atoms with Crippen molar-refractivity contribution < 1.29 is 18.7 Å². The number of aromatic nitrogens is 1. The van der Waals surface area contributed by atoms with Crippen LogP contribution in [0, 0.1) is 26.6 Å². The third-order valence-electron chi connectivity index (χ3n) is 6.29. The molecule has 0 aliphatic rings. The first-order chi connectivity index (χ1) is 17.1. The van der Waals surface area contributed by atoms with Gasteiger partial charge in [-0.05, 0) is 84.1 Å². The van der Waals surface area contributed by atoms with Crippen molar-refractivity contribution in [2.45, 2.75) is 34.1 Å². The lowest BCUT2D eigenvalue weighted by Crippen LogP contribution is -2.22. The summed E-state index contributed by atoms with van der Waals surface area (Å²) in [6.45, 7) is 7.69. The molecule has 1 aromatic heterocycles. The van der Waals surface area contributed by atoms with E-state index in [2.05, 4.69) is 21.2 Å². The summed E-state index contributed by atoms with van der Waals surface area (Å²) >= 11 is 3.56. The first-order valence-electron chi connectivity index (χ1n) is 11.7. The number of carbonyl (C=O) groups excluding carboxylic acids is 2. The number of methoxy groups -OCH3 is 1. The third-order valence-corrected chi connectivity index (χ3v) is 6.91. The van der Waals surface area contributed by atoms with Gasteiger partial charge >= 0.3 is 0 Å². The molecule has 0 fully saturated rings. The number of ether oxygens (including phenoxy) is 1. The van der Waals surface area contributed by atoms with Gasteiger partial charge in [-0.15, -0.1) is 0 Å². The van der Waals surface area contributed by atoms with E-state index >= 15 is 0 Å². The fourth-order valence-corrected chi connectivity index (χ4v) is 5.40. The maximum Gasteiger partial charge on any atom is 0.263 e. The number of amides is 1. The SMILES string of the molecule is COc1cc2c(CCNC(C)=O)c(-c3cccc(F)c3)n(C(=O)c3c(C)cc(C)cc3C)c2cc1Br. The van der Waals surface area contributed by atoms with E-state index in [9.17, 15) is 14.0 Å². The average molecular weight is 551 g/mol. The largest absolute Gasteiger partial charge is 0.496 e. The molecule has 0 unspecified atom stereocenters. The van der Waals surface area contributed by atoms with Gasteiger partial charge in [-0.25, -0.2) is 4.39 Å². The van der Waals surface area contributed by atoms with E-state index < -0.39 is 5.82 Å². The van der Waals surface area contributed by atoms with Crippen molar-refractivity contribution in [2.75, 3.05) is 13.7 Å². The Bertz CT molecular complexity index is 1480. The lowest BCUT2D eigenvalue weighted by Gasteiger charge is -2.16. The first kappa shape index (κ1) is 25.6. The second-order valence-corrected chi connectivity index (χ2v) is 9.84. The van der Waals surface area contributed by atoms with Gasteiger partial charge in [-0.1, -0.05) is 29.8 Å². The predicted octanol–water partition coefficient (Wildman–Crippen LogP) is 6.51. The normalized spacial score (nSPS) is 11.1. The molecule has 3 aromatic carbocycles. The van der Waals surface area contributed by atoms with Gasteiger partial charge in [0.1, 0.15) is 11.6 Å². The molecule has 4 rings (SSSR count). The van der Waals surface area contributed by atoms with Gasteiger partial charge in [0.05, 0.1) is 22.8 Å². The van der Waals surface area contributed by atoms with Gasteiger partial charge < -0.3 is 10.1 Å². The summed E-state index contributed by atoms with van der Waals surface area (Å²) in [5.41, 5.74) is 6.10. The molecule has 1 heterocycles. The van der Waals surface area contributed by atoms with E-state index in [1.54, 1.807) is 23.8 Å². The number of rotatable bonds is 6. The Morgan fingerprint density at radius 1 is 1.06 bits per heavy atom. The number of nitrogens with one attached hydrogen (secondary N) is 1. The Morgan fingerprint density at radius 3 is 2.36 bits per heavy atom. The highest BCUT2D eigenvalue weighted by atomic mass is 79.9. The minimum absolute atomic E-state index is 0.145. The van der Waals surface area contributed by atoms with Crippen molar-refractivity contribution in [1.82, 2.24) is 9.88 Å². The number of carbonyl (C=O) groups is 2. The Hall–Kier alpha value is -3.45. The molecule has 0 saturated heterocycles. The summed E-state index contributed by atoms with van der Waals surface area (Å²) in [5, 5.41) is 3.64. The first-order valence-corrected chi connectivity index (χ1v) is 12.5. The van der Waals surface area contributed by atoms with E-state index in [4.69, 9.17) is 4.74 Å². The molecule has 0 aliphatic heterocycles. The number of benzene rings is 3. The maximum atomic E-state index is 14.4. The lowest BCUT2D eigenvalue weighted by atomic mass is 9.98. The quantitative estimate of drug-likeness (QED) is 0.297. The van der Waals surface area contributed by atoms with Crippen LogP contribution in [0.4, 0.5) is 4.39 Å². The van der Waals surface area contributed by atoms with Crippen molar-refractivity contribution in [2.24, 2.45) is 0 Å². The van der Waals surface area contributed by atoms with Crippen LogP contribution in [0.3, 0.4) is 0 Å². The predicted molar refractivity (Wildman–Crippen MR) is 144 cm³/mol. The summed E-state index contributed by atoms with van der Waals surface area (Å²) in [4.78, 5) is 25.9. The monoisotopic (exact) mass is 550 g/mol. The molecule has 7 heteroatoms. The fourth-order valence-electron chi connectivity index (χ4n) is 4.90. The van der Waals surface area contributed by atoms with Crippen LogP contribution in [0.2, 0.25) is 0 Å². The van der Waals surface area contributed by atoms with Crippen molar-refractivity contribution in [3.63, 3.8) is 0 Å². The molecule has 0 spiro atoms. The van der Waals surface area contributed by atoms with E-state index in [0.717, 1.165) is 27.6 Å². The van der Waals surface area contributed by atoms with Gasteiger partial charge in [0.15, 0.2) is 0 Å². The number of fused-ring (bicyclic) bond motifs is 1. The highest BCUT2D eigenvalue weighted by Crippen LogP contribution is 2.40. The van der Waals surface area contributed by atoms with Crippen LogP contribution in [0.25, 0.3) is 22.2 Å². The van der Waals surface area contributed by atoms with Crippen molar-refractivity contribution in [3.05, 3.63) is 86.6 Å². The topological polar surface area (TPSA) is 60.3 Å². The van der Waals surface area contributed by atoms with Gasteiger partial charge in [-0.2, -0.15) is 0 Å².